The van der Waals surface area contributed by atoms with Crippen molar-refractivity contribution in [1.82, 2.24) is 9.55 Å². The van der Waals surface area contributed by atoms with E-state index in [-0.39, 0.29) is 22.5 Å². The van der Waals surface area contributed by atoms with Gasteiger partial charge in [0, 0.05) is 5.56 Å². The summed E-state index contributed by atoms with van der Waals surface area (Å²) in [7, 11) is 0. The van der Waals surface area contributed by atoms with Gasteiger partial charge in [0.15, 0.2) is 0 Å². The summed E-state index contributed by atoms with van der Waals surface area (Å²) in [4.78, 5) is 29.8. The number of benzene rings is 3. The number of carbonyl (C=O) groups excluding carboxylic acids is 1. The second kappa shape index (κ2) is 7.92. The number of para-hydroxylation sites is 1. The van der Waals surface area contributed by atoms with Crippen LogP contribution in [-0.4, -0.2) is 15.5 Å². The third-order valence-corrected chi connectivity index (χ3v) is 4.85. The number of amides is 1. The van der Waals surface area contributed by atoms with Crippen LogP contribution >= 0.6 is 0 Å². The van der Waals surface area contributed by atoms with Crippen molar-refractivity contribution >= 4 is 22.5 Å². The van der Waals surface area contributed by atoms with E-state index in [1.54, 1.807) is 31.2 Å². The average molecular weight is 441 g/mol. The molecule has 1 N–H and O–H groups in total. The van der Waals surface area contributed by atoms with Crippen LogP contribution < -0.4 is 10.9 Å². The average Bonchev–Trinajstić information content (AvgIpc) is 2.75. The van der Waals surface area contributed by atoms with Crippen LogP contribution in [0.5, 0.6) is 0 Å². The normalized spacial score (nSPS) is 11.5. The van der Waals surface area contributed by atoms with Crippen molar-refractivity contribution < 1.29 is 22.4 Å². The number of hydrogen-bond acceptors (Lipinski definition) is 3. The zero-order valence-corrected chi connectivity index (χ0v) is 16.6. The number of aromatic nitrogens is 2. The molecule has 4 aromatic rings. The number of aryl methyl sites for hydroxylation is 1. The highest BCUT2D eigenvalue weighted by molar-refractivity contribution is 6.04. The molecule has 0 saturated heterocycles. The molecular weight excluding hydrogens is 426 g/mol. The molecule has 32 heavy (non-hydrogen) atoms. The number of nitrogens with one attached hydrogen (secondary N) is 1. The molecule has 0 saturated carbocycles. The largest absolute Gasteiger partial charge is 0.416 e. The fraction of sp³-hybridized carbons (Fsp3) is 0.0870. The number of fused-ring (bicyclic) bond motifs is 1. The first-order valence-corrected chi connectivity index (χ1v) is 9.42. The molecule has 0 bridgehead atoms. The molecule has 0 aliphatic carbocycles. The van der Waals surface area contributed by atoms with Crippen LogP contribution in [0.2, 0.25) is 0 Å². The van der Waals surface area contributed by atoms with Crippen molar-refractivity contribution in [2.75, 3.05) is 5.32 Å². The van der Waals surface area contributed by atoms with E-state index in [0.29, 0.717) is 22.8 Å². The summed E-state index contributed by atoms with van der Waals surface area (Å²) in [6.07, 6.45) is -4.62. The number of alkyl halides is 3. The Hall–Kier alpha value is -4.01. The molecule has 1 heterocycles. The summed E-state index contributed by atoms with van der Waals surface area (Å²) in [6.45, 7) is 1.61. The minimum atomic E-state index is -4.62. The molecule has 4 rings (SSSR count). The lowest BCUT2D eigenvalue weighted by atomic mass is 10.1. The quantitative estimate of drug-likeness (QED) is 0.450. The maximum absolute atomic E-state index is 14.4. The first-order chi connectivity index (χ1) is 15.1. The highest BCUT2D eigenvalue weighted by Gasteiger charge is 2.31. The Kier molecular flexibility index (Phi) is 5.25. The molecule has 0 fully saturated rings. The minimum absolute atomic E-state index is 0.242. The van der Waals surface area contributed by atoms with Crippen molar-refractivity contribution in [3.63, 3.8) is 0 Å². The Morgan fingerprint density at radius 1 is 1.00 bits per heavy atom. The first kappa shape index (κ1) is 21.2. The second-order valence-electron chi connectivity index (χ2n) is 7.01. The molecule has 5 nitrogen and oxygen atoms in total. The molecule has 0 unspecified atom stereocenters. The fourth-order valence-electron chi connectivity index (χ4n) is 3.33. The van der Waals surface area contributed by atoms with Crippen LogP contribution in [0, 0.1) is 12.7 Å². The Labute approximate surface area is 179 Å². The van der Waals surface area contributed by atoms with E-state index < -0.39 is 23.5 Å². The van der Waals surface area contributed by atoms with E-state index in [0.717, 1.165) is 18.2 Å². The molecule has 0 atom stereocenters. The molecule has 0 spiro atoms. The van der Waals surface area contributed by atoms with Gasteiger partial charge in [-0.3, -0.25) is 14.2 Å². The van der Waals surface area contributed by atoms with Gasteiger partial charge in [-0.15, -0.1) is 0 Å². The lowest BCUT2D eigenvalue weighted by molar-refractivity contribution is -0.137. The molecule has 1 aromatic heterocycles. The Morgan fingerprint density at radius 3 is 2.50 bits per heavy atom. The van der Waals surface area contributed by atoms with Gasteiger partial charge in [-0.05, 0) is 55.5 Å². The van der Waals surface area contributed by atoms with Crippen LogP contribution in [0.1, 0.15) is 21.7 Å². The van der Waals surface area contributed by atoms with Crippen molar-refractivity contribution in [3.8, 4) is 5.69 Å². The second-order valence-corrected chi connectivity index (χ2v) is 7.01. The SMILES string of the molecule is Cc1nc2ccccc2c(=O)n1-c1ccc(F)c(NC(=O)c2cccc(C(F)(F)F)c2)c1. The van der Waals surface area contributed by atoms with E-state index in [9.17, 15) is 27.2 Å². The summed E-state index contributed by atoms with van der Waals surface area (Å²) in [6, 6.07) is 14.2. The van der Waals surface area contributed by atoms with Gasteiger partial charge in [0.05, 0.1) is 27.8 Å². The van der Waals surface area contributed by atoms with Crippen LogP contribution in [0.25, 0.3) is 16.6 Å². The number of halogens is 4. The predicted octanol–water partition coefficient (Wildman–Crippen LogP) is 5.10. The van der Waals surface area contributed by atoms with Crippen LogP contribution in [0.4, 0.5) is 23.2 Å². The smallest absolute Gasteiger partial charge is 0.319 e. The van der Waals surface area contributed by atoms with Gasteiger partial charge in [-0.25, -0.2) is 9.37 Å². The number of hydrogen-bond donors (Lipinski definition) is 1. The highest BCUT2D eigenvalue weighted by atomic mass is 19.4. The van der Waals surface area contributed by atoms with Crippen LogP contribution in [0.15, 0.2) is 71.5 Å². The molecule has 3 aromatic carbocycles. The van der Waals surface area contributed by atoms with Crippen molar-refractivity contribution in [2.24, 2.45) is 0 Å². The predicted molar refractivity (Wildman–Crippen MR) is 111 cm³/mol. The van der Waals surface area contributed by atoms with E-state index in [1.807, 2.05) is 0 Å². The summed E-state index contributed by atoms with van der Waals surface area (Å²) >= 11 is 0. The Bertz CT molecular complexity index is 1410. The van der Waals surface area contributed by atoms with Gasteiger partial charge < -0.3 is 5.32 Å². The molecule has 0 radical (unpaired) electrons. The minimum Gasteiger partial charge on any atom is -0.319 e. The Balaban J connectivity index is 1.73. The summed E-state index contributed by atoms with van der Waals surface area (Å²) < 4.78 is 54.4. The summed E-state index contributed by atoms with van der Waals surface area (Å²) in [5.74, 6) is -1.39. The van der Waals surface area contributed by atoms with Gasteiger partial charge in [0.25, 0.3) is 11.5 Å². The lowest BCUT2D eigenvalue weighted by Crippen LogP contribution is -2.22. The van der Waals surface area contributed by atoms with E-state index >= 15 is 0 Å². The van der Waals surface area contributed by atoms with Gasteiger partial charge in [-0.2, -0.15) is 13.2 Å². The van der Waals surface area contributed by atoms with Crippen LogP contribution in [0.3, 0.4) is 0 Å². The van der Waals surface area contributed by atoms with Crippen molar-refractivity contribution in [2.45, 2.75) is 13.1 Å². The Morgan fingerprint density at radius 2 is 1.75 bits per heavy atom. The van der Waals surface area contributed by atoms with Gasteiger partial charge >= 0.3 is 6.18 Å². The van der Waals surface area contributed by atoms with E-state index in [2.05, 4.69) is 10.3 Å². The highest BCUT2D eigenvalue weighted by Crippen LogP contribution is 2.30. The third-order valence-electron chi connectivity index (χ3n) is 4.85. The number of nitrogens with zero attached hydrogens (tertiary/aromatic N) is 2. The molecular formula is C23H15F4N3O2. The molecule has 162 valence electrons. The standard InChI is InChI=1S/C23H15F4N3O2/c1-13-28-19-8-3-2-7-17(19)22(32)30(13)16-9-10-18(24)20(12-16)29-21(31)14-5-4-6-15(11-14)23(25,26)27/h2-12H,1H3,(H,29,31). The van der Waals surface area contributed by atoms with Gasteiger partial charge in [0.1, 0.15) is 11.6 Å². The molecule has 0 aliphatic rings. The zero-order chi connectivity index (χ0) is 23.0. The van der Waals surface area contributed by atoms with Crippen molar-refractivity contribution in [3.05, 3.63) is 99.9 Å². The zero-order valence-electron chi connectivity index (χ0n) is 16.6. The lowest BCUT2D eigenvalue weighted by Gasteiger charge is -2.14. The van der Waals surface area contributed by atoms with Gasteiger partial charge in [0.2, 0.25) is 0 Å². The fourth-order valence-corrected chi connectivity index (χ4v) is 3.33. The van der Waals surface area contributed by atoms with Crippen LogP contribution in [-0.2, 0) is 6.18 Å². The van der Waals surface area contributed by atoms with E-state index in [1.165, 1.54) is 22.8 Å². The monoisotopic (exact) mass is 441 g/mol. The summed E-state index contributed by atoms with van der Waals surface area (Å²) in [5, 5.41) is 2.63. The summed E-state index contributed by atoms with van der Waals surface area (Å²) in [5.41, 5.74) is -1.20. The molecule has 1 amide bonds. The van der Waals surface area contributed by atoms with Crippen molar-refractivity contribution in [1.29, 1.82) is 0 Å². The number of rotatable bonds is 3. The maximum atomic E-state index is 14.4. The molecule has 0 aliphatic heterocycles. The topological polar surface area (TPSA) is 64.0 Å². The van der Waals surface area contributed by atoms with E-state index in [4.69, 9.17) is 0 Å². The molecule has 9 heteroatoms. The third kappa shape index (κ3) is 3.96. The number of carbonyl (C=O) groups is 1. The maximum Gasteiger partial charge on any atom is 0.416 e. The first-order valence-electron chi connectivity index (χ1n) is 9.42. The van der Waals surface area contributed by atoms with Gasteiger partial charge in [-0.1, -0.05) is 18.2 Å². The number of anilines is 1.